The molecule has 0 unspecified atom stereocenters. The quantitative estimate of drug-likeness (QED) is 0.307. The number of rotatable bonds is 9. The van der Waals surface area contributed by atoms with E-state index in [2.05, 4.69) is 76.2 Å². The average Bonchev–Trinajstić information content (AvgIpc) is 3.30. The number of hydrogen-bond acceptors (Lipinski definition) is 5. The second kappa shape index (κ2) is 15.0. The van der Waals surface area contributed by atoms with E-state index in [1.807, 2.05) is 41.7 Å². The predicted molar refractivity (Wildman–Crippen MR) is 165 cm³/mol. The standard InChI is InChI=1S/C30H40N4OS.C2H6/c1-7-26(34-16-9-8-10-17-34)20-24-11-12-25(19-22(24)2)28-14-13-27(33(28)6)23(3)29(21-31)36-32-30(4,5)15-18-35;1-2/h7,11-14,19-20,32,35H,2,8-10,15-18H2,1,3-6H3;1-2H3/b24-20-,26-7+,29-23+;. The van der Waals surface area contributed by atoms with E-state index in [0.717, 1.165) is 46.1 Å². The number of likely N-dealkylation sites (tertiary alicyclic amines) is 1. The number of nitrogens with one attached hydrogen (secondary N) is 1. The molecule has 2 aromatic rings. The Labute approximate surface area is 234 Å². The number of nitriles is 1. The zero-order chi connectivity index (χ0) is 28.3. The first-order chi connectivity index (χ1) is 18.2. The molecule has 2 heterocycles. The van der Waals surface area contributed by atoms with Gasteiger partial charge in [0.15, 0.2) is 0 Å². The summed E-state index contributed by atoms with van der Waals surface area (Å²) in [4.78, 5) is 3.09. The number of allylic oxidation sites excluding steroid dienone is 4. The number of hydrogen-bond donors (Lipinski definition) is 2. The number of aliphatic hydroxyl groups is 1. The van der Waals surface area contributed by atoms with Crippen molar-refractivity contribution in [1.29, 1.82) is 5.26 Å². The molecule has 5 nitrogen and oxygen atoms in total. The van der Waals surface area contributed by atoms with Crippen LogP contribution >= 0.6 is 11.9 Å². The highest BCUT2D eigenvalue weighted by molar-refractivity contribution is 8.01. The first-order valence-corrected chi connectivity index (χ1v) is 14.6. The molecule has 1 aliphatic heterocycles. The summed E-state index contributed by atoms with van der Waals surface area (Å²) in [6.45, 7) is 18.8. The van der Waals surface area contributed by atoms with E-state index in [4.69, 9.17) is 0 Å². The van der Waals surface area contributed by atoms with Crippen LogP contribution in [0.5, 0.6) is 0 Å². The molecule has 2 N–H and O–H groups in total. The van der Waals surface area contributed by atoms with Gasteiger partial charge in [-0.1, -0.05) is 38.6 Å². The molecule has 0 saturated carbocycles. The van der Waals surface area contributed by atoms with Crippen molar-refractivity contribution in [3.05, 3.63) is 63.1 Å². The van der Waals surface area contributed by atoms with Crippen molar-refractivity contribution in [2.24, 2.45) is 7.05 Å². The van der Waals surface area contributed by atoms with Gasteiger partial charge in [0.25, 0.3) is 0 Å². The number of aliphatic hydroxyl groups excluding tert-OH is 1. The average molecular weight is 535 g/mol. The summed E-state index contributed by atoms with van der Waals surface area (Å²) in [5, 5.41) is 21.2. The Morgan fingerprint density at radius 2 is 1.87 bits per heavy atom. The van der Waals surface area contributed by atoms with Gasteiger partial charge in [0.2, 0.25) is 0 Å². The number of piperidine rings is 1. The van der Waals surface area contributed by atoms with Crippen LogP contribution in [0.4, 0.5) is 0 Å². The van der Waals surface area contributed by atoms with Gasteiger partial charge in [-0.05, 0) is 111 Å². The second-order valence-corrected chi connectivity index (χ2v) is 10.9. The molecule has 38 heavy (non-hydrogen) atoms. The fourth-order valence-electron chi connectivity index (χ4n) is 4.57. The molecule has 0 amide bonds. The van der Waals surface area contributed by atoms with Crippen LogP contribution < -0.4 is 15.2 Å². The molecule has 0 spiro atoms. The van der Waals surface area contributed by atoms with Crippen LogP contribution in [0.1, 0.15) is 72.9 Å². The normalized spacial score (nSPS) is 15.5. The molecule has 0 bridgehead atoms. The van der Waals surface area contributed by atoms with Gasteiger partial charge in [0.1, 0.15) is 11.0 Å². The first-order valence-electron chi connectivity index (χ1n) is 13.7. The summed E-state index contributed by atoms with van der Waals surface area (Å²) >= 11 is 1.33. The topological polar surface area (TPSA) is 64.2 Å². The Morgan fingerprint density at radius 1 is 1.18 bits per heavy atom. The fourth-order valence-corrected chi connectivity index (χ4v) is 5.36. The van der Waals surface area contributed by atoms with Gasteiger partial charge in [0, 0.05) is 49.4 Å². The number of benzene rings is 1. The molecule has 3 rings (SSSR count). The molecule has 1 aromatic heterocycles. The zero-order valence-electron chi connectivity index (χ0n) is 24.4. The molecule has 1 aromatic carbocycles. The lowest BCUT2D eigenvalue weighted by molar-refractivity contribution is 0.248. The molecule has 0 atom stereocenters. The van der Waals surface area contributed by atoms with Crippen molar-refractivity contribution in [1.82, 2.24) is 14.2 Å². The van der Waals surface area contributed by atoms with Crippen molar-refractivity contribution >= 4 is 30.2 Å². The van der Waals surface area contributed by atoms with E-state index in [-0.39, 0.29) is 12.1 Å². The van der Waals surface area contributed by atoms with Crippen LogP contribution in [-0.2, 0) is 7.05 Å². The lowest BCUT2D eigenvalue weighted by atomic mass is 10.0. The van der Waals surface area contributed by atoms with Gasteiger partial charge >= 0.3 is 0 Å². The van der Waals surface area contributed by atoms with E-state index >= 15 is 0 Å². The summed E-state index contributed by atoms with van der Waals surface area (Å²) in [6, 6.07) is 13.0. The Balaban J connectivity index is 0.00000247. The highest BCUT2D eigenvalue weighted by atomic mass is 32.2. The van der Waals surface area contributed by atoms with Crippen LogP contribution in [0.25, 0.3) is 29.5 Å². The Bertz CT molecular complexity index is 1270. The monoisotopic (exact) mass is 534 g/mol. The number of aromatic nitrogens is 1. The zero-order valence-corrected chi connectivity index (χ0v) is 25.2. The van der Waals surface area contributed by atoms with Gasteiger partial charge in [-0.2, -0.15) is 5.26 Å². The smallest absolute Gasteiger partial charge is 0.108 e. The van der Waals surface area contributed by atoms with E-state index in [1.54, 1.807) is 0 Å². The van der Waals surface area contributed by atoms with E-state index in [0.29, 0.717) is 11.3 Å². The van der Waals surface area contributed by atoms with Crippen LogP contribution in [0.15, 0.2) is 47.0 Å². The van der Waals surface area contributed by atoms with Gasteiger partial charge < -0.3 is 14.6 Å². The molecule has 206 valence electrons. The van der Waals surface area contributed by atoms with Crippen molar-refractivity contribution in [2.75, 3.05) is 19.7 Å². The Hall–Kier alpha value is -2.72. The summed E-state index contributed by atoms with van der Waals surface area (Å²) < 4.78 is 5.46. The van der Waals surface area contributed by atoms with Gasteiger partial charge in [-0.15, -0.1) is 0 Å². The highest BCUT2D eigenvalue weighted by Crippen LogP contribution is 2.30. The highest BCUT2D eigenvalue weighted by Gasteiger charge is 2.19. The van der Waals surface area contributed by atoms with Crippen LogP contribution in [-0.4, -0.2) is 39.8 Å². The summed E-state index contributed by atoms with van der Waals surface area (Å²) in [7, 11) is 2.04. The minimum atomic E-state index is -0.273. The van der Waals surface area contributed by atoms with Crippen molar-refractivity contribution in [3.63, 3.8) is 0 Å². The third-order valence-electron chi connectivity index (χ3n) is 6.87. The summed E-state index contributed by atoms with van der Waals surface area (Å²) in [5.41, 5.74) is 5.10. The van der Waals surface area contributed by atoms with Crippen LogP contribution in [0.2, 0.25) is 0 Å². The first kappa shape index (κ1) is 31.5. The predicted octanol–water partition coefficient (Wildman–Crippen LogP) is 5.95. The van der Waals surface area contributed by atoms with Gasteiger partial charge in [0.05, 0.1) is 0 Å². The minimum Gasteiger partial charge on any atom is -0.396 e. The maximum atomic E-state index is 9.81. The largest absolute Gasteiger partial charge is 0.396 e. The van der Waals surface area contributed by atoms with Gasteiger partial charge in [-0.3, -0.25) is 4.72 Å². The fraction of sp³-hybridized carbons (Fsp3) is 0.469. The minimum absolute atomic E-state index is 0.103. The Kier molecular flexibility index (Phi) is 12.4. The molecule has 0 radical (unpaired) electrons. The molecular weight excluding hydrogens is 488 g/mol. The van der Waals surface area contributed by atoms with E-state index < -0.39 is 0 Å². The lowest BCUT2D eigenvalue weighted by Crippen LogP contribution is -2.35. The summed E-state index contributed by atoms with van der Waals surface area (Å²) in [5.74, 6) is 0. The molecular formula is C32H46N4OS. The van der Waals surface area contributed by atoms with Crippen molar-refractivity contribution < 1.29 is 5.11 Å². The van der Waals surface area contributed by atoms with Crippen molar-refractivity contribution in [2.45, 2.75) is 72.8 Å². The second-order valence-electron chi connectivity index (χ2n) is 10.1. The van der Waals surface area contributed by atoms with E-state index in [1.165, 1.54) is 36.9 Å². The molecule has 1 fully saturated rings. The van der Waals surface area contributed by atoms with Gasteiger partial charge in [-0.25, -0.2) is 0 Å². The maximum Gasteiger partial charge on any atom is 0.108 e. The number of nitrogens with zero attached hydrogens (tertiary/aromatic N) is 3. The van der Waals surface area contributed by atoms with Crippen LogP contribution in [0.3, 0.4) is 0 Å². The van der Waals surface area contributed by atoms with Crippen molar-refractivity contribution in [3.8, 4) is 17.3 Å². The molecule has 0 aliphatic carbocycles. The molecule has 1 aliphatic rings. The third-order valence-corrected chi connectivity index (χ3v) is 8.13. The van der Waals surface area contributed by atoms with E-state index in [9.17, 15) is 10.4 Å². The SMILES string of the molecule is C=c1cc(-c2ccc(/C(C)=C(\C#N)SNC(C)(C)CCO)n2C)cc/c1=C/C(=C\C)N1CCCCC1.CC. The third kappa shape index (κ3) is 8.14. The molecule has 1 saturated heterocycles. The molecule has 6 heteroatoms. The maximum absolute atomic E-state index is 9.81. The summed E-state index contributed by atoms with van der Waals surface area (Å²) in [6.07, 6.45) is 8.90. The Morgan fingerprint density at radius 3 is 2.45 bits per heavy atom. The lowest BCUT2D eigenvalue weighted by Gasteiger charge is -2.29. The van der Waals surface area contributed by atoms with Crippen LogP contribution in [0, 0.1) is 11.3 Å².